The summed E-state index contributed by atoms with van der Waals surface area (Å²) in [5.74, 6) is -0.667. The van der Waals surface area contributed by atoms with Gasteiger partial charge in [-0.15, -0.1) is 0 Å². The Morgan fingerprint density at radius 3 is 2.14 bits per heavy atom. The molecule has 0 spiro atoms. The van der Waals surface area contributed by atoms with Crippen molar-refractivity contribution >= 4 is 18.9 Å². The van der Waals surface area contributed by atoms with Gasteiger partial charge >= 0.3 is 5.97 Å². The number of esters is 1. The van der Waals surface area contributed by atoms with E-state index in [9.17, 15) is 14.2 Å². The Balaban J connectivity index is 4.45. The molecule has 1 atom stereocenters. The molecule has 0 fully saturated rings. The number of carbonyl (C=O) groups is 2. The summed E-state index contributed by atoms with van der Waals surface area (Å²) in [4.78, 5) is 22.0. The fourth-order valence-corrected chi connectivity index (χ4v) is 2.18. The molecule has 14 heavy (non-hydrogen) atoms. The highest BCUT2D eigenvalue weighted by molar-refractivity contribution is 7.76. The fourth-order valence-electron chi connectivity index (χ4n) is 0.833. The van der Waals surface area contributed by atoms with E-state index in [1.807, 2.05) is 0 Å². The van der Waals surface area contributed by atoms with Crippen LogP contribution < -0.4 is 0 Å². The molecule has 0 aromatic heterocycles. The molecule has 0 amide bonds. The van der Waals surface area contributed by atoms with Crippen molar-refractivity contribution in [1.29, 1.82) is 0 Å². The molecular weight excluding hydrogens is 207 g/mol. The van der Waals surface area contributed by atoms with Crippen LogP contribution in [-0.2, 0) is 23.4 Å². The van der Waals surface area contributed by atoms with Gasteiger partial charge in [-0.3, -0.25) is 14.2 Å². The van der Waals surface area contributed by atoms with Gasteiger partial charge in [-0.05, 0) is 13.8 Å². The molecule has 0 saturated heterocycles. The van der Waals surface area contributed by atoms with E-state index < -0.39 is 25.0 Å². The van der Waals surface area contributed by atoms with Gasteiger partial charge in [0, 0.05) is 6.92 Å². The number of carbonyl (C=O) groups excluding carboxylic acids is 2. The van der Waals surface area contributed by atoms with Gasteiger partial charge in [-0.25, -0.2) is 0 Å². The molecule has 0 aromatic carbocycles. The monoisotopic (exact) mass is 222 g/mol. The highest BCUT2D eigenvalue weighted by Crippen LogP contribution is 2.47. The Morgan fingerprint density at radius 1 is 1.21 bits per heavy atom. The standard InChI is InChI=1S/C8H15O5P/c1-4-12-8(10)6-14(11,7(3)9)13-5-2/h4-6H2,1-3H3. The topological polar surface area (TPSA) is 69.7 Å². The maximum absolute atomic E-state index is 11.7. The second kappa shape index (κ2) is 5.94. The van der Waals surface area contributed by atoms with E-state index in [1.54, 1.807) is 13.8 Å². The number of ether oxygens (including phenoxy) is 1. The molecule has 0 aliphatic rings. The van der Waals surface area contributed by atoms with E-state index in [0.717, 1.165) is 6.92 Å². The van der Waals surface area contributed by atoms with E-state index in [-0.39, 0.29) is 13.2 Å². The predicted molar refractivity (Wildman–Crippen MR) is 51.4 cm³/mol. The van der Waals surface area contributed by atoms with Gasteiger partial charge in [-0.2, -0.15) is 0 Å². The lowest BCUT2D eigenvalue weighted by Gasteiger charge is -2.13. The smallest absolute Gasteiger partial charge is 0.316 e. The summed E-state index contributed by atoms with van der Waals surface area (Å²) in [7, 11) is -3.49. The highest BCUT2D eigenvalue weighted by atomic mass is 31.2. The number of hydrogen-bond acceptors (Lipinski definition) is 5. The first-order chi connectivity index (χ1) is 6.46. The zero-order valence-corrected chi connectivity index (χ0v) is 9.50. The maximum Gasteiger partial charge on any atom is 0.316 e. The summed E-state index contributed by atoms with van der Waals surface area (Å²) < 4.78 is 21.1. The van der Waals surface area contributed by atoms with Crippen LogP contribution in [0, 0.1) is 0 Å². The van der Waals surface area contributed by atoms with Crippen molar-refractivity contribution in [3.63, 3.8) is 0 Å². The van der Waals surface area contributed by atoms with Crippen LogP contribution in [0.25, 0.3) is 0 Å². The molecule has 1 unspecified atom stereocenters. The zero-order valence-electron chi connectivity index (χ0n) is 8.61. The molecule has 5 nitrogen and oxygen atoms in total. The lowest BCUT2D eigenvalue weighted by molar-refractivity contribution is -0.140. The van der Waals surface area contributed by atoms with Crippen LogP contribution in [0.4, 0.5) is 0 Å². The summed E-state index contributed by atoms with van der Waals surface area (Å²) in [6.07, 6.45) is -0.468. The minimum Gasteiger partial charge on any atom is -0.466 e. The first-order valence-corrected chi connectivity index (χ1v) is 6.17. The van der Waals surface area contributed by atoms with Gasteiger partial charge < -0.3 is 9.26 Å². The third kappa shape index (κ3) is 4.03. The number of rotatable bonds is 6. The van der Waals surface area contributed by atoms with E-state index in [2.05, 4.69) is 4.74 Å². The van der Waals surface area contributed by atoms with Crippen molar-refractivity contribution < 1.29 is 23.4 Å². The fraction of sp³-hybridized carbons (Fsp3) is 0.750. The molecular formula is C8H15O5P. The zero-order chi connectivity index (χ0) is 11.2. The Hall–Kier alpha value is -0.670. The van der Waals surface area contributed by atoms with E-state index in [1.165, 1.54) is 0 Å². The average molecular weight is 222 g/mol. The van der Waals surface area contributed by atoms with Crippen LogP contribution >= 0.6 is 7.37 Å². The van der Waals surface area contributed by atoms with Crippen molar-refractivity contribution in [3.05, 3.63) is 0 Å². The van der Waals surface area contributed by atoms with Crippen molar-refractivity contribution in [2.75, 3.05) is 19.4 Å². The van der Waals surface area contributed by atoms with Gasteiger partial charge in [0.2, 0.25) is 5.52 Å². The SMILES string of the molecule is CCOC(=O)CP(=O)(OCC)C(C)=O. The van der Waals surface area contributed by atoms with Crippen LogP contribution in [0.15, 0.2) is 0 Å². The normalized spacial score (nSPS) is 14.5. The lowest BCUT2D eigenvalue weighted by atomic mass is 10.8. The van der Waals surface area contributed by atoms with Crippen molar-refractivity contribution in [2.24, 2.45) is 0 Å². The van der Waals surface area contributed by atoms with Gasteiger partial charge in [-0.1, -0.05) is 0 Å². The molecule has 0 aliphatic carbocycles. The third-order valence-electron chi connectivity index (χ3n) is 1.46. The Morgan fingerprint density at radius 2 is 1.79 bits per heavy atom. The van der Waals surface area contributed by atoms with Gasteiger partial charge in [0.05, 0.1) is 13.2 Å². The Kier molecular flexibility index (Phi) is 5.65. The van der Waals surface area contributed by atoms with Gasteiger partial charge in [0.25, 0.3) is 7.37 Å². The maximum atomic E-state index is 11.7. The Bertz CT molecular complexity index is 260. The molecule has 0 heterocycles. The van der Waals surface area contributed by atoms with Crippen LogP contribution in [0.5, 0.6) is 0 Å². The van der Waals surface area contributed by atoms with Gasteiger partial charge in [0.1, 0.15) is 6.16 Å². The minimum absolute atomic E-state index is 0.135. The van der Waals surface area contributed by atoms with E-state index >= 15 is 0 Å². The second-order valence-electron chi connectivity index (χ2n) is 2.57. The molecule has 0 radical (unpaired) electrons. The summed E-state index contributed by atoms with van der Waals surface area (Å²) in [6, 6.07) is 0. The van der Waals surface area contributed by atoms with Crippen molar-refractivity contribution in [1.82, 2.24) is 0 Å². The van der Waals surface area contributed by atoms with Crippen molar-refractivity contribution in [3.8, 4) is 0 Å². The minimum atomic E-state index is -3.49. The largest absolute Gasteiger partial charge is 0.466 e. The molecule has 0 aliphatic heterocycles. The molecule has 6 heteroatoms. The van der Waals surface area contributed by atoms with E-state index in [0.29, 0.717) is 0 Å². The van der Waals surface area contributed by atoms with E-state index in [4.69, 9.17) is 4.52 Å². The van der Waals surface area contributed by atoms with Gasteiger partial charge in [0.15, 0.2) is 0 Å². The Labute approximate surface area is 83.2 Å². The molecule has 0 N–H and O–H groups in total. The summed E-state index contributed by atoms with van der Waals surface area (Å²) >= 11 is 0. The molecule has 0 saturated carbocycles. The first kappa shape index (κ1) is 13.3. The molecule has 82 valence electrons. The third-order valence-corrected chi connectivity index (χ3v) is 3.77. The van der Waals surface area contributed by atoms with Crippen LogP contribution in [0.2, 0.25) is 0 Å². The lowest BCUT2D eigenvalue weighted by Crippen LogP contribution is -2.14. The molecule has 0 bridgehead atoms. The van der Waals surface area contributed by atoms with Crippen LogP contribution in [0.1, 0.15) is 20.8 Å². The quantitative estimate of drug-likeness (QED) is 0.502. The summed E-state index contributed by atoms with van der Waals surface area (Å²) in [6.45, 7) is 4.73. The average Bonchev–Trinajstić information content (AvgIpc) is 2.04. The highest BCUT2D eigenvalue weighted by Gasteiger charge is 2.32. The number of hydrogen-bond donors (Lipinski definition) is 0. The molecule has 0 rings (SSSR count). The summed E-state index contributed by atoms with van der Waals surface area (Å²) in [5, 5.41) is 0. The molecule has 0 aromatic rings. The van der Waals surface area contributed by atoms with Crippen molar-refractivity contribution in [2.45, 2.75) is 20.8 Å². The van der Waals surface area contributed by atoms with Crippen LogP contribution in [0.3, 0.4) is 0 Å². The van der Waals surface area contributed by atoms with Crippen LogP contribution in [-0.4, -0.2) is 30.9 Å². The second-order valence-corrected chi connectivity index (χ2v) is 5.12. The predicted octanol–water partition coefficient (Wildman–Crippen LogP) is 1.41. The summed E-state index contributed by atoms with van der Waals surface area (Å²) in [5.41, 5.74) is -0.604. The first-order valence-electron chi connectivity index (χ1n) is 4.36.